The van der Waals surface area contributed by atoms with Crippen molar-refractivity contribution in [3.8, 4) is 5.75 Å². The molecule has 0 radical (unpaired) electrons. The summed E-state index contributed by atoms with van der Waals surface area (Å²) in [4.78, 5) is 52.4. The van der Waals surface area contributed by atoms with Gasteiger partial charge in [0.1, 0.15) is 11.8 Å². The highest BCUT2D eigenvalue weighted by Gasteiger charge is 2.28. The zero-order chi connectivity index (χ0) is 32.3. The quantitative estimate of drug-likeness (QED) is 0.160. The first-order valence-electron chi connectivity index (χ1n) is 15.2. The number of carbonyl (C=O) groups is 4. The summed E-state index contributed by atoms with van der Waals surface area (Å²) >= 11 is 0. The number of amides is 3. The molecule has 0 aromatic heterocycles. The van der Waals surface area contributed by atoms with Crippen LogP contribution in [0.4, 0.5) is 0 Å². The predicted molar refractivity (Wildman–Crippen MR) is 175 cm³/mol. The van der Waals surface area contributed by atoms with Crippen LogP contribution in [0, 0.1) is 0 Å². The lowest BCUT2D eigenvalue weighted by Gasteiger charge is -2.28. The van der Waals surface area contributed by atoms with E-state index < -0.39 is 36.0 Å². The number of carbonyl (C=O) groups excluding carboxylic acids is 4. The van der Waals surface area contributed by atoms with E-state index in [1.807, 2.05) is 68.4 Å². The summed E-state index contributed by atoms with van der Waals surface area (Å²) in [5, 5.41) is 20.1. The Bertz CT molecular complexity index is 1180. The molecule has 0 aliphatic rings. The fourth-order valence-electron chi connectivity index (χ4n) is 4.73. The van der Waals surface area contributed by atoms with Crippen molar-refractivity contribution in [1.82, 2.24) is 20.9 Å². The number of esters is 1. The summed E-state index contributed by atoms with van der Waals surface area (Å²) in [6.07, 6.45) is 0.00125. The van der Waals surface area contributed by atoms with Gasteiger partial charge in [0.25, 0.3) is 0 Å². The number of aliphatic hydroxyl groups excluding tert-OH is 1. The molecule has 4 N–H and O–H groups in total. The summed E-state index contributed by atoms with van der Waals surface area (Å²) in [6.45, 7) is 5.69. The first kappa shape index (κ1) is 39.4. The van der Waals surface area contributed by atoms with Gasteiger partial charge in [0.2, 0.25) is 17.7 Å². The molecule has 0 saturated heterocycles. The van der Waals surface area contributed by atoms with Gasteiger partial charge in [-0.25, -0.2) is 0 Å². The first-order valence-corrected chi connectivity index (χ1v) is 15.2. The van der Waals surface area contributed by atoms with E-state index in [4.69, 9.17) is 4.74 Å². The average molecular weight is 649 g/mol. The minimum absolute atomic E-state index is 0. The number of nitrogens with one attached hydrogen (secondary N) is 3. The largest absolute Gasteiger partial charge is 0.497 e. The molecule has 2 rings (SSSR count). The molecule has 0 aliphatic heterocycles. The van der Waals surface area contributed by atoms with Crippen LogP contribution >= 0.6 is 12.4 Å². The third-order valence-electron chi connectivity index (χ3n) is 7.22. The van der Waals surface area contributed by atoms with Crippen LogP contribution in [0.3, 0.4) is 0 Å². The number of nitrogens with zero attached hydrogens (tertiary/aromatic N) is 1. The second-order valence-corrected chi connectivity index (χ2v) is 10.6. The van der Waals surface area contributed by atoms with Crippen molar-refractivity contribution in [3.05, 3.63) is 65.7 Å². The van der Waals surface area contributed by atoms with Crippen LogP contribution in [0.2, 0.25) is 0 Å². The van der Waals surface area contributed by atoms with E-state index in [0.29, 0.717) is 26.1 Å². The number of hydrogen-bond donors (Lipinski definition) is 4. The maximum Gasteiger partial charge on any atom is 0.306 e. The van der Waals surface area contributed by atoms with Gasteiger partial charge in [-0.15, -0.1) is 12.4 Å². The lowest BCUT2D eigenvalue weighted by Crippen LogP contribution is -2.55. The van der Waals surface area contributed by atoms with Crippen molar-refractivity contribution in [2.75, 3.05) is 33.9 Å². The van der Waals surface area contributed by atoms with Gasteiger partial charge in [-0.2, -0.15) is 0 Å². The normalized spacial score (nSPS) is 12.6. The lowest BCUT2D eigenvalue weighted by atomic mass is 9.99. The number of methoxy groups -OCH3 is 2. The van der Waals surface area contributed by atoms with Crippen LogP contribution in [-0.2, 0) is 36.9 Å². The van der Waals surface area contributed by atoms with Crippen LogP contribution < -0.4 is 20.7 Å². The van der Waals surface area contributed by atoms with Crippen LogP contribution in [-0.4, -0.2) is 85.7 Å². The van der Waals surface area contributed by atoms with Gasteiger partial charge in [-0.1, -0.05) is 49.4 Å². The van der Waals surface area contributed by atoms with Crippen molar-refractivity contribution in [2.24, 2.45) is 0 Å². The summed E-state index contributed by atoms with van der Waals surface area (Å²) in [7, 11) is 2.84. The molecule has 3 atom stereocenters. The Morgan fingerprint density at radius 2 is 1.62 bits per heavy atom. The number of rotatable bonds is 20. The molecule has 0 fully saturated rings. The second-order valence-electron chi connectivity index (χ2n) is 10.6. The molecular formula is C33H49ClN4O7. The Morgan fingerprint density at radius 1 is 0.911 bits per heavy atom. The standard InChI is InChI=1S/C33H48N4O7.ClH/c1-5-19-37(6-2)31(40)17-15-27(35-30(39)16-18-32(41)44-4)33(42)36-28(21-24-11-8-7-9-12-24)29(38)23-34-22-25-13-10-14-26(20-25)43-3;/h7-14,20,27-29,34,38H,5-6,15-19,21-23H2,1-4H3,(H,35,39)(H,36,42);1H/t27-,28+,29-;/m1./s1. The van der Waals surface area contributed by atoms with Gasteiger partial charge in [-0.3, -0.25) is 19.2 Å². The monoisotopic (exact) mass is 648 g/mol. The van der Waals surface area contributed by atoms with Crippen molar-refractivity contribution in [1.29, 1.82) is 0 Å². The molecule has 0 saturated carbocycles. The smallest absolute Gasteiger partial charge is 0.306 e. The maximum absolute atomic E-state index is 13.6. The van der Waals surface area contributed by atoms with Gasteiger partial charge >= 0.3 is 5.97 Å². The molecule has 0 spiro atoms. The summed E-state index contributed by atoms with van der Waals surface area (Å²) in [6, 6.07) is 15.3. The van der Waals surface area contributed by atoms with Crippen LogP contribution in [0.25, 0.3) is 0 Å². The van der Waals surface area contributed by atoms with Gasteiger partial charge in [0, 0.05) is 39.0 Å². The Labute approximate surface area is 272 Å². The highest BCUT2D eigenvalue weighted by atomic mass is 35.5. The van der Waals surface area contributed by atoms with Crippen LogP contribution in [0.1, 0.15) is 57.1 Å². The minimum Gasteiger partial charge on any atom is -0.497 e. The summed E-state index contributed by atoms with van der Waals surface area (Å²) < 4.78 is 9.89. The second kappa shape index (κ2) is 21.9. The van der Waals surface area contributed by atoms with Crippen LogP contribution in [0.5, 0.6) is 5.75 Å². The molecule has 0 aliphatic carbocycles. The Balaban J connectivity index is 0.0000101. The fourth-order valence-corrected chi connectivity index (χ4v) is 4.73. The molecule has 2 aromatic carbocycles. The van der Waals surface area contributed by atoms with E-state index in [1.165, 1.54) is 7.11 Å². The third-order valence-corrected chi connectivity index (χ3v) is 7.22. The average Bonchev–Trinajstić information content (AvgIpc) is 3.04. The topological polar surface area (TPSA) is 146 Å². The highest BCUT2D eigenvalue weighted by molar-refractivity contribution is 5.89. The SMILES string of the molecule is CCCN(CC)C(=O)CC[C@@H](NC(=O)CCC(=O)OC)C(=O)N[C@@H](Cc1ccccc1)[C@H](O)CNCc1cccc(OC)c1.Cl. The molecule has 3 amide bonds. The van der Waals surface area contributed by atoms with Crippen molar-refractivity contribution in [2.45, 2.75) is 77.1 Å². The molecular weight excluding hydrogens is 600 g/mol. The lowest BCUT2D eigenvalue weighted by molar-refractivity contribution is -0.142. The van der Waals surface area contributed by atoms with Gasteiger partial charge in [-0.05, 0) is 49.4 Å². The molecule has 11 nitrogen and oxygen atoms in total. The third kappa shape index (κ3) is 14.8. The molecule has 0 unspecified atom stereocenters. The number of aliphatic hydroxyl groups is 1. The van der Waals surface area contributed by atoms with E-state index in [0.717, 1.165) is 23.3 Å². The van der Waals surface area contributed by atoms with Crippen LogP contribution in [0.15, 0.2) is 54.6 Å². The van der Waals surface area contributed by atoms with Crippen molar-refractivity contribution in [3.63, 3.8) is 0 Å². The zero-order valence-corrected chi connectivity index (χ0v) is 27.6. The molecule has 250 valence electrons. The Hall–Kier alpha value is -3.67. The zero-order valence-electron chi connectivity index (χ0n) is 26.8. The number of ether oxygens (including phenoxy) is 2. The molecule has 12 heteroatoms. The summed E-state index contributed by atoms with van der Waals surface area (Å²) in [5.41, 5.74) is 1.89. The molecule has 0 bridgehead atoms. The van der Waals surface area contributed by atoms with Gasteiger partial charge < -0.3 is 35.4 Å². The Kier molecular flexibility index (Phi) is 19.2. The van der Waals surface area contributed by atoms with Gasteiger partial charge in [0.15, 0.2) is 0 Å². The van der Waals surface area contributed by atoms with Crippen molar-refractivity contribution < 1.29 is 33.8 Å². The highest BCUT2D eigenvalue weighted by Crippen LogP contribution is 2.13. The molecule has 45 heavy (non-hydrogen) atoms. The van der Waals surface area contributed by atoms with E-state index in [2.05, 4.69) is 20.7 Å². The van der Waals surface area contributed by atoms with E-state index >= 15 is 0 Å². The maximum atomic E-state index is 13.6. The molecule has 2 aromatic rings. The number of hydrogen-bond acceptors (Lipinski definition) is 8. The predicted octanol–water partition coefficient (Wildman–Crippen LogP) is 2.77. The van der Waals surface area contributed by atoms with Gasteiger partial charge in [0.05, 0.1) is 32.8 Å². The number of halogens is 1. The minimum atomic E-state index is -1.04. The number of benzene rings is 2. The van der Waals surface area contributed by atoms with E-state index in [1.54, 1.807) is 12.0 Å². The fraction of sp³-hybridized carbons (Fsp3) is 0.515. The Morgan fingerprint density at radius 3 is 2.27 bits per heavy atom. The van der Waals surface area contributed by atoms with E-state index in [9.17, 15) is 24.3 Å². The molecule has 0 heterocycles. The van der Waals surface area contributed by atoms with Crippen molar-refractivity contribution >= 4 is 36.1 Å². The first-order chi connectivity index (χ1) is 21.2. The summed E-state index contributed by atoms with van der Waals surface area (Å²) in [5.74, 6) is -0.950. The van der Waals surface area contributed by atoms with E-state index in [-0.39, 0.29) is 50.5 Å².